The quantitative estimate of drug-likeness (QED) is 0.832. The van der Waals surface area contributed by atoms with Crippen LogP contribution in [0.15, 0.2) is 29.6 Å². The van der Waals surface area contributed by atoms with E-state index in [1.807, 2.05) is 36.7 Å². The number of thiophene rings is 1. The molecule has 72 valence electrons. The van der Waals surface area contributed by atoms with Crippen LogP contribution in [0, 0.1) is 0 Å². The molecule has 4 heteroatoms. The fourth-order valence-electron chi connectivity index (χ4n) is 1.19. The van der Waals surface area contributed by atoms with Crippen LogP contribution in [-0.4, -0.2) is 17.2 Å². The van der Waals surface area contributed by atoms with Crippen LogP contribution in [0.1, 0.15) is 5.69 Å². The number of hydrogen-bond acceptors (Lipinski definition) is 4. The fourth-order valence-corrected chi connectivity index (χ4v) is 1.88. The maximum atomic E-state index is 4.16. The largest absolute Gasteiger partial charge is 0.314 e. The van der Waals surface area contributed by atoms with Crippen molar-refractivity contribution < 1.29 is 0 Å². The van der Waals surface area contributed by atoms with Crippen LogP contribution in [0.4, 0.5) is 0 Å². The smallest absolute Gasteiger partial charge is 0.103 e. The number of nitrogens with one attached hydrogen (secondary N) is 1. The molecule has 0 spiro atoms. The maximum Gasteiger partial charge on any atom is 0.103 e. The van der Waals surface area contributed by atoms with Gasteiger partial charge in [-0.2, -0.15) is 5.10 Å². The van der Waals surface area contributed by atoms with E-state index in [1.54, 1.807) is 11.3 Å². The zero-order chi connectivity index (χ0) is 9.80. The first-order valence-corrected chi connectivity index (χ1v) is 5.29. The maximum absolute atomic E-state index is 4.16. The first-order chi connectivity index (χ1) is 6.90. The molecule has 3 nitrogen and oxygen atoms in total. The van der Waals surface area contributed by atoms with Gasteiger partial charge in [-0.3, -0.25) is 0 Å². The van der Waals surface area contributed by atoms with Gasteiger partial charge in [-0.1, -0.05) is 6.07 Å². The van der Waals surface area contributed by atoms with Gasteiger partial charge in [0.15, 0.2) is 0 Å². The molecule has 0 saturated heterocycles. The minimum atomic E-state index is 0.762. The molecule has 0 bridgehead atoms. The molecule has 1 N–H and O–H groups in total. The van der Waals surface area contributed by atoms with Gasteiger partial charge in [0, 0.05) is 6.54 Å². The first kappa shape index (κ1) is 9.30. The van der Waals surface area contributed by atoms with Crippen molar-refractivity contribution in [3.63, 3.8) is 0 Å². The van der Waals surface area contributed by atoms with Crippen LogP contribution in [0.2, 0.25) is 0 Å². The lowest BCUT2D eigenvalue weighted by atomic mass is 10.3. The van der Waals surface area contributed by atoms with Crippen LogP contribution < -0.4 is 5.32 Å². The highest BCUT2D eigenvalue weighted by Gasteiger charge is 2.00. The van der Waals surface area contributed by atoms with Crippen LogP contribution in [-0.2, 0) is 6.54 Å². The lowest BCUT2D eigenvalue weighted by Crippen LogP contribution is -2.07. The molecule has 2 rings (SSSR count). The summed E-state index contributed by atoms with van der Waals surface area (Å²) in [6.45, 7) is 0.762. The van der Waals surface area contributed by atoms with Crippen molar-refractivity contribution in [1.29, 1.82) is 0 Å². The second kappa shape index (κ2) is 4.30. The summed E-state index contributed by atoms with van der Waals surface area (Å²) in [5.74, 6) is 0. The Morgan fingerprint density at radius 1 is 1.29 bits per heavy atom. The highest BCUT2D eigenvalue weighted by molar-refractivity contribution is 7.13. The summed E-state index contributed by atoms with van der Waals surface area (Å²) in [7, 11) is 1.90. The lowest BCUT2D eigenvalue weighted by molar-refractivity contribution is 0.769. The standard InChI is InChI=1S/C10H11N3S/c1-11-7-8-4-5-9(13-12-8)10-3-2-6-14-10/h2-6,11H,7H2,1H3. The zero-order valence-corrected chi connectivity index (χ0v) is 8.71. The topological polar surface area (TPSA) is 37.8 Å². The van der Waals surface area contributed by atoms with Crippen LogP contribution >= 0.6 is 11.3 Å². The molecule has 0 atom stereocenters. The third-order valence-electron chi connectivity index (χ3n) is 1.85. The molecule has 0 aromatic carbocycles. The van der Waals surface area contributed by atoms with Gasteiger partial charge in [0.2, 0.25) is 0 Å². The molecule has 0 amide bonds. The summed E-state index contributed by atoms with van der Waals surface area (Å²) in [4.78, 5) is 1.16. The molecule has 0 aliphatic carbocycles. The summed E-state index contributed by atoms with van der Waals surface area (Å²) >= 11 is 1.68. The molecule has 0 aliphatic rings. The van der Waals surface area contributed by atoms with E-state index >= 15 is 0 Å². The predicted octanol–water partition coefficient (Wildman–Crippen LogP) is 1.92. The van der Waals surface area contributed by atoms with E-state index in [1.165, 1.54) is 0 Å². The normalized spacial score (nSPS) is 10.4. The lowest BCUT2D eigenvalue weighted by Gasteiger charge is -1.99. The van der Waals surface area contributed by atoms with E-state index in [0.29, 0.717) is 0 Å². The minimum Gasteiger partial charge on any atom is -0.314 e. The van der Waals surface area contributed by atoms with E-state index in [0.717, 1.165) is 22.8 Å². The number of hydrogen-bond donors (Lipinski definition) is 1. The van der Waals surface area contributed by atoms with Crippen molar-refractivity contribution in [2.24, 2.45) is 0 Å². The van der Waals surface area contributed by atoms with Gasteiger partial charge in [0.1, 0.15) is 5.69 Å². The average molecular weight is 205 g/mol. The Kier molecular flexibility index (Phi) is 2.86. The van der Waals surface area contributed by atoms with Crippen molar-refractivity contribution >= 4 is 11.3 Å². The van der Waals surface area contributed by atoms with Gasteiger partial charge in [0.25, 0.3) is 0 Å². The molecule has 0 saturated carbocycles. The summed E-state index contributed by atoms with van der Waals surface area (Å²) < 4.78 is 0. The summed E-state index contributed by atoms with van der Waals surface area (Å²) in [5.41, 5.74) is 1.91. The predicted molar refractivity (Wildman–Crippen MR) is 58.1 cm³/mol. The van der Waals surface area contributed by atoms with Crippen LogP contribution in [0.25, 0.3) is 10.6 Å². The first-order valence-electron chi connectivity index (χ1n) is 4.41. The molecule has 0 radical (unpaired) electrons. The Hall–Kier alpha value is -1.26. The Labute approximate surface area is 86.8 Å². The second-order valence-corrected chi connectivity index (χ2v) is 3.87. The number of nitrogens with zero attached hydrogens (tertiary/aromatic N) is 2. The van der Waals surface area contributed by atoms with Crippen molar-refractivity contribution in [3.8, 4) is 10.6 Å². The monoisotopic (exact) mass is 205 g/mol. The van der Waals surface area contributed by atoms with Crippen molar-refractivity contribution in [3.05, 3.63) is 35.3 Å². The summed E-state index contributed by atoms with van der Waals surface area (Å²) in [5, 5.41) is 13.4. The van der Waals surface area contributed by atoms with Gasteiger partial charge in [-0.05, 0) is 30.6 Å². The Balaban J connectivity index is 2.22. The fraction of sp³-hybridized carbons (Fsp3) is 0.200. The highest BCUT2D eigenvalue weighted by Crippen LogP contribution is 2.21. The summed E-state index contributed by atoms with van der Waals surface area (Å²) in [6.07, 6.45) is 0. The van der Waals surface area contributed by atoms with E-state index in [4.69, 9.17) is 0 Å². The van der Waals surface area contributed by atoms with Crippen LogP contribution in [0.5, 0.6) is 0 Å². The van der Waals surface area contributed by atoms with Crippen LogP contribution in [0.3, 0.4) is 0 Å². The SMILES string of the molecule is CNCc1ccc(-c2cccs2)nn1. The minimum absolute atomic E-state index is 0.762. The van der Waals surface area contributed by atoms with Crippen molar-refractivity contribution in [2.75, 3.05) is 7.05 Å². The molecule has 14 heavy (non-hydrogen) atoms. The molecule has 2 heterocycles. The number of rotatable bonds is 3. The highest BCUT2D eigenvalue weighted by atomic mass is 32.1. The van der Waals surface area contributed by atoms with Gasteiger partial charge in [-0.25, -0.2) is 0 Å². The van der Waals surface area contributed by atoms with Crippen molar-refractivity contribution in [2.45, 2.75) is 6.54 Å². The average Bonchev–Trinajstić information content (AvgIpc) is 2.72. The van der Waals surface area contributed by atoms with E-state index in [2.05, 4.69) is 15.5 Å². The van der Waals surface area contributed by atoms with Crippen molar-refractivity contribution in [1.82, 2.24) is 15.5 Å². The third kappa shape index (κ3) is 1.97. The molecule has 0 aliphatic heterocycles. The Morgan fingerprint density at radius 2 is 2.21 bits per heavy atom. The van der Waals surface area contributed by atoms with Gasteiger partial charge in [0.05, 0.1) is 10.6 Å². The number of aromatic nitrogens is 2. The van der Waals surface area contributed by atoms with Gasteiger partial charge in [-0.15, -0.1) is 16.4 Å². The summed E-state index contributed by atoms with van der Waals surface area (Å²) in [6, 6.07) is 8.07. The Bertz CT molecular complexity index is 380. The molecule has 0 unspecified atom stereocenters. The molecular formula is C10H11N3S. The van der Waals surface area contributed by atoms with Gasteiger partial charge >= 0.3 is 0 Å². The molecular weight excluding hydrogens is 194 g/mol. The molecule has 0 fully saturated rings. The molecule has 2 aromatic heterocycles. The Morgan fingerprint density at radius 3 is 2.79 bits per heavy atom. The van der Waals surface area contributed by atoms with E-state index in [-0.39, 0.29) is 0 Å². The zero-order valence-electron chi connectivity index (χ0n) is 7.90. The van der Waals surface area contributed by atoms with E-state index in [9.17, 15) is 0 Å². The van der Waals surface area contributed by atoms with Gasteiger partial charge < -0.3 is 5.32 Å². The third-order valence-corrected chi connectivity index (χ3v) is 2.74. The second-order valence-electron chi connectivity index (χ2n) is 2.92. The van der Waals surface area contributed by atoms with E-state index < -0.39 is 0 Å². The molecule has 2 aromatic rings.